The third-order valence-electron chi connectivity index (χ3n) is 6.35. The van der Waals surface area contributed by atoms with Crippen LogP contribution in [0.2, 0.25) is 0 Å². The Kier molecular flexibility index (Phi) is 5.42. The molecule has 2 aliphatic rings. The molecule has 13 heteroatoms. The molecule has 0 N–H and O–H groups in total. The lowest BCUT2D eigenvalue weighted by atomic mass is 10.1. The Morgan fingerprint density at radius 3 is 2.57 bits per heavy atom. The van der Waals surface area contributed by atoms with Crippen LogP contribution in [0.1, 0.15) is 41.7 Å². The molecule has 1 atom stereocenters. The second-order valence-corrected chi connectivity index (χ2v) is 8.99. The van der Waals surface area contributed by atoms with Gasteiger partial charge in [-0.15, -0.1) is 5.10 Å². The van der Waals surface area contributed by atoms with E-state index < -0.39 is 18.1 Å². The highest BCUT2D eigenvalue weighted by molar-refractivity contribution is 6.32. The first-order valence-corrected chi connectivity index (χ1v) is 11.6. The van der Waals surface area contributed by atoms with Gasteiger partial charge in [0.1, 0.15) is 18.9 Å². The Hall–Kier alpha value is -4.29. The predicted octanol–water partition coefficient (Wildman–Crippen LogP) is 3.34. The van der Waals surface area contributed by atoms with Crippen molar-refractivity contribution in [3.05, 3.63) is 53.6 Å². The number of fused-ring (bicyclic) bond motifs is 1. The lowest BCUT2D eigenvalue weighted by molar-refractivity contribution is -0.533. The van der Waals surface area contributed by atoms with Crippen LogP contribution in [-0.4, -0.2) is 71.8 Å². The fourth-order valence-electron chi connectivity index (χ4n) is 4.36. The van der Waals surface area contributed by atoms with Gasteiger partial charge in [-0.1, -0.05) is 17.3 Å². The molecule has 0 amide bonds. The van der Waals surface area contributed by atoms with Crippen molar-refractivity contribution in [1.29, 1.82) is 0 Å². The summed E-state index contributed by atoms with van der Waals surface area (Å²) in [6.45, 7) is 0.356. The third kappa shape index (κ3) is 4.30. The van der Waals surface area contributed by atoms with Crippen molar-refractivity contribution >= 4 is 23.1 Å². The number of nitrogens with zero attached hydrogens (tertiary/aromatic N) is 9. The summed E-state index contributed by atoms with van der Waals surface area (Å²) in [4.78, 5) is 21.7. The molecule has 3 aromatic heterocycles. The lowest BCUT2D eigenvalue weighted by Crippen LogP contribution is -2.23. The zero-order valence-corrected chi connectivity index (χ0v) is 19.9. The molecule has 4 aromatic rings. The number of benzene rings is 1. The molecule has 0 spiro atoms. The fourth-order valence-corrected chi connectivity index (χ4v) is 4.36. The van der Waals surface area contributed by atoms with Gasteiger partial charge >= 0.3 is 6.18 Å². The highest BCUT2D eigenvalue weighted by atomic mass is 19.4. The van der Waals surface area contributed by atoms with E-state index in [1.54, 1.807) is 37.2 Å². The molecule has 1 unspecified atom stereocenters. The average Bonchev–Trinajstić information content (AvgIpc) is 3.55. The van der Waals surface area contributed by atoms with Crippen molar-refractivity contribution < 1.29 is 22.5 Å². The fraction of sp³-hybridized carbons (Fsp3) is 0.333. The molecule has 188 valence electrons. The van der Waals surface area contributed by atoms with Crippen molar-refractivity contribution in [2.45, 2.75) is 37.6 Å². The minimum Gasteiger partial charge on any atom is -0.480 e. The number of halogens is 3. The molecular formula is C24H21F3N9O+. The summed E-state index contributed by atoms with van der Waals surface area (Å²) in [5.74, 6) is 1.18. The monoisotopic (exact) mass is 508 g/mol. The Balaban J connectivity index is 1.29. The van der Waals surface area contributed by atoms with Crippen LogP contribution in [0.4, 0.5) is 13.2 Å². The molecule has 1 fully saturated rings. The van der Waals surface area contributed by atoms with Crippen LogP contribution in [0, 0.1) is 0 Å². The van der Waals surface area contributed by atoms with E-state index in [1.807, 2.05) is 12.1 Å². The minimum atomic E-state index is -4.48. The zero-order chi connectivity index (χ0) is 25.7. The van der Waals surface area contributed by atoms with Crippen LogP contribution in [-0.2, 0) is 6.54 Å². The van der Waals surface area contributed by atoms with Crippen molar-refractivity contribution in [3.8, 4) is 17.3 Å². The summed E-state index contributed by atoms with van der Waals surface area (Å²) < 4.78 is 47.7. The first kappa shape index (κ1) is 23.1. The Labute approximate surface area is 208 Å². The molecule has 1 aromatic carbocycles. The van der Waals surface area contributed by atoms with Crippen molar-refractivity contribution in [1.82, 2.24) is 34.9 Å². The van der Waals surface area contributed by atoms with Gasteiger partial charge in [-0.3, -0.25) is 0 Å². The molecule has 0 saturated heterocycles. The number of rotatable bonds is 6. The molecule has 10 nitrogen and oxygen atoms in total. The maximum Gasteiger partial charge on any atom is 0.439 e. The number of hydrogen-bond acceptors (Lipinski definition) is 8. The van der Waals surface area contributed by atoms with E-state index in [-0.39, 0.29) is 0 Å². The summed E-state index contributed by atoms with van der Waals surface area (Å²) in [5, 5.41) is 8.40. The molecule has 37 heavy (non-hydrogen) atoms. The van der Waals surface area contributed by atoms with Crippen LogP contribution >= 0.6 is 0 Å². The second-order valence-electron chi connectivity index (χ2n) is 8.99. The van der Waals surface area contributed by atoms with Crippen molar-refractivity contribution in [3.63, 3.8) is 0 Å². The highest BCUT2D eigenvalue weighted by Gasteiger charge is 2.42. The average molecular weight is 508 g/mol. The van der Waals surface area contributed by atoms with Gasteiger partial charge in [0.25, 0.3) is 6.17 Å². The van der Waals surface area contributed by atoms with Crippen LogP contribution in [0.5, 0.6) is 5.88 Å². The largest absolute Gasteiger partial charge is 0.480 e. The first-order chi connectivity index (χ1) is 17.8. The van der Waals surface area contributed by atoms with Crippen LogP contribution < -0.4 is 4.74 Å². The van der Waals surface area contributed by atoms with Crippen LogP contribution in [0.25, 0.3) is 22.6 Å². The predicted molar refractivity (Wildman–Crippen MR) is 127 cm³/mol. The Morgan fingerprint density at radius 2 is 1.89 bits per heavy atom. The van der Waals surface area contributed by atoms with Crippen LogP contribution in [0.15, 0.2) is 41.8 Å². The van der Waals surface area contributed by atoms with E-state index in [2.05, 4.69) is 30.3 Å². The van der Waals surface area contributed by atoms with E-state index in [1.165, 1.54) is 10.9 Å². The molecule has 1 aliphatic heterocycles. The smallest absolute Gasteiger partial charge is 0.439 e. The number of aromatic nitrogens is 7. The molecule has 6 rings (SSSR count). The van der Waals surface area contributed by atoms with Gasteiger partial charge in [0.05, 0.1) is 25.5 Å². The number of ether oxygens (including phenoxy) is 1. The van der Waals surface area contributed by atoms with E-state index in [0.717, 1.165) is 30.3 Å². The summed E-state index contributed by atoms with van der Waals surface area (Å²) in [6.07, 6.45) is 0.991. The SMILES string of the molecule is COc1ncnc(C2CC2)c1-c1ncc2nnn(Cc3ccc(C4N=C(C(F)(F)F)C=[N+]4C)cc3)c2n1. The molecule has 0 radical (unpaired) electrons. The number of methoxy groups -OCH3 is 1. The number of alkyl halides is 3. The van der Waals surface area contributed by atoms with Crippen molar-refractivity contribution in [2.24, 2.45) is 4.99 Å². The first-order valence-electron chi connectivity index (χ1n) is 11.6. The van der Waals surface area contributed by atoms with Gasteiger partial charge in [0.15, 0.2) is 23.2 Å². The zero-order valence-electron chi connectivity index (χ0n) is 19.9. The molecule has 4 heterocycles. The van der Waals surface area contributed by atoms with Gasteiger partial charge in [0.2, 0.25) is 11.6 Å². The lowest BCUT2D eigenvalue weighted by Gasteiger charge is -2.10. The molecule has 0 bridgehead atoms. The maximum atomic E-state index is 13.0. The van der Waals surface area contributed by atoms with Gasteiger partial charge in [-0.25, -0.2) is 34.2 Å². The topological polar surface area (TPSA) is 107 Å². The quantitative estimate of drug-likeness (QED) is 0.368. The van der Waals surface area contributed by atoms with Gasteiger partial charge < -0.3 is 4.74 Å². The second kappa shape index (κ2) is 8.68. The highest BCUT2D eigenvalue weighted by Crippen LogP contribution is 2.44. The van der Waals surface area contributed by atoms with Crippen LogP contribution in [0.3, 0.4) is 0 Å². The molecular weight excluding hydrogens is 487 g/mol. The third-order valence-corrected chi connectivity index (χ3v) is 6.35. The van der Waals surface area contributed by atoms with Gasteiger partial charge in [0, 0.05) is 11.5 Å². The van der Waals surface area contributed by atoms with Gasteiger partial charge in [-0.05, 0) is 30.5 Å². The number of hydrogen-bond donors (Lipinski definition) is 0. The van der Waals surface area contributed by atoms with E-state index in [4.69, 9.17) is 9.72 Å². The number of aliphatic imine (C=N–C) groups is 1. The standard InChI is InChI=1S/C24H21F3N9O/c1-35-11-17(24(25,26)27)31-21(35)15-5-3-13(4-6-15)10-36-22-16(33-34-36)9-28-20(32-22)18-19(14-7-8-14)29-12-30-23(18)37-2/h3-6,9,11-12,14,21H,7-8,10H2,1-2H3/q+1. The molecule has 1 aliphatic carbocycles. The van der Waals surface area contributed by atoms with E-state index in [0.29, 0.717) is 46.5 Å². The normalized spacial score (nSPS) is 17.7. The Bertz CT molecular complexity index is 1560. The van der Waals surface area contributed by atoms with Gasteiger partial charge in [-0.2, -0.15) is 13.2 Å². The maximum absolute atomic E-state index is 13.0. The Morgan fingerprint density at radius 1 is 1.11 bits per heavy atom. The summed E-state index contributed by atoms with van der Waals surface area (Å²) >= 11 is 0. The van der Waals surface area contributed by atoms with E-state index in [9.17, 15) is 13.2 Å². The van der Waals surface area contributed by atoms with E-state index >= 15 is 0 Å². The molecule has 1 saturated carbocycles. The summed E-state index contributed by atoms with van der Waals surface area (Å²) in [5.41, 5.74) is 3.24. The summed E-state index contributed by atoms with van der Waals surface area (Å²) in [7, 11) is 3.12. The minimum absolute atomic E-state index is 0.334. The van der Waals surface area contributed by atoms with Crippen molar-refractivity contribution in [2.75, 3.05) is 14.2 Å². The summed E-state index contributed by atoms with van der Waals surface area (Å²) in [6, 6.07) is 7.19.